The number of rotatable bonds is 3. The number of carbonyl (C=O) groups is 1. The van der Waals surface area contributed by atoms with Crippen molar-refractivity contribution < 1.29 is 9.18 Å². The number of halogens is 1. The number of hydrogen-bond donors (Lipinski definition) is 2. The lowest BCUT2D eigenvalue weighted by Crippen LogP contribution is -2.11. The van der Waals surface area contributed by atoms with Crippen molar-refractivity contribution in [2.24, 2.45) is 0 Å². The molecule has 21 heavy (non-hydrogen) atoms. The van der Waals surface area contributed by atoms with Crippen LogP contribution in [0.1, 0.15) is 16.6 Å². The summed E-state index contributed by atoms with van der Waals surface area (Å²) in [5.74, 6) is -0.775. The van der Waals surface area contributed by atoms with Gasteiger partial charge in [-0.05, 0) is 19.1 Å². The Balaban J connectivity index is 1.94. The Morgan fingerprint density at radius 2 is 2.33 bits per heavy atom. The fraction of sp³-hybridized carbons (Fsp3) is 0.143. The molecule has 0 spiro atoms. The second-order valence-electron chi connectivity index (χ2n) is 4.50. The first kappa shape index (κ1) is 13.6. The SMILES string of the molecule is CCn1cc(NC(=O)c2sc3cccc(F)c3c2N)cn1. The van der Waals surface area contributed by atoms with Gasteiger partial charge < -0.3 is 11.1 Å². The number of hydrogen-bond acceptors (Lipinski definition) is 4. The maximum Gasteiger partial charge on any atom is 0.267 e. The van der Waals surface area contributed by atoms with Gasteiger partial charge in [0.1, 0.15) is 10.7 Å². The maximum atomic E-state index is 13.8. The van der Waals surface area contributed by atoms with Gasteiger partial charge in [-0.2, -0.15) is 5.10 Å². The van der Waals surface area contributed by atoms with Crippen molar-refractivity contribution in [2.75, 3.05) is 11.1 Å². The molecule has 3 rings (SSSR count). The molecule has 3 aromatic rings. The van der Waals surface area contributed by atoms with Crippen LogP contribution in [-0.4, -0.2) is 15.7 Å². The zero-order chi connectivity index (χ0) is 15.0. The Labute approximate surface area is 124 Å². The van der Waals surface area contributed by atoms with E-state index in [1.807, 2.05) is 6.92 Å². The number of nitrogens with two attached hydrogens (primary N) is 1. The fourth-order valence-electron chi connectivity index (χ4n) is 2.09. The number of aryl methyl sites for hydroxylation is 1. The normalized spacial score (nSPS) is 11.0. The van der Waals surface area contributed by atoms with Crippen LogP contribution in [0.5, 0.6) is 0 Å². The quantitative estimate of drug-likeness (QED) is 0.781. The van der Waals surface area contributed by atoms with Gasteiger partial charge in [-0.1, -0.05) is 6.07 Å². The number of nitrogen functional groups attached to an aromatic ring is 1. The number of aromatic nitrogens is 2. The van der Waals surface area contributed by atoms with Crippen molar-refractivity contribution in [3.63, 3.8) is 0 Å². The van der Waals surface area contributed by atoms with Crippen LogP contribution in [0.3, 0.4) is 0 Å². The van der Waals surface area contributed by atoms with Gasteiger partial charge in [0.05, 0.1) is 23.0 Å². The molecule has 3 N–H and O–H groups in total. The van der Waals surface area contributed by atoms with Crippen molar-refractivity contribution in [3.8, 4) is 0 Å². The summed E-state index contributed by atoms with van der Waals surface area (Å²) in [5, 5.41) is 7.10. The predicted molar refractivity (Wildman–Crippen MR) is 82.0 cm³/mol. The first-order chi connectivity index (χ1) is 10.1. The number of nitrogens with one attached hydrogen (secondary N) is 1. The molecule has 0 atom stereocenters. The van der Waals surface area contributed by atoms with Crippen molar-refractivity contribution in [1.29, 1.82) is 0 Å². The molecule has 0 bridgehead atoms. The second kappa shape index (κ2) is 5.17. The molecule has 1 amide bonds. The Bertz CT molecular complexity index is 824. The van der Waals surface area contributed by atoms with Crippen LogP contribution in [0.25, 0.3) is 10.1 Å². The molecule has 0 saturated carbocycles. The molecule has 0 fully saturated rings. The lowest BCUT2D eigenvalue weighted by atomic mass is 10.2. The molecule has 2 heterocycles. The minimum absolute atomic E-state index is 0.175. The third-order valence-electron chi connectivity index (χ3n) is 3.12. The van der Waals surface area contributed by atoms with Gasteiger partial charge in [-0.3, -0.25) is 9.48 Å². The minimum atomic E-state index is -0.417. The van der Waals surface area contributed by atoms with Crippen LogP contribution in [0.4, 0.5) is 15.8 Å². The van der Waals surface area contributed by atoms with Gasteiger partial charge in [0.25, 0.3) is 5.91 Å². The molecular formula is C14H13FN4OS. The van der Waals surface area contributed by atoms with Gasteiger partial charge >= 0.3 is 0 Å². The highest BCUT2D eigenvalue weighted by Gasteiger charge is 2.19. The third-order valence-corrected chi connectivity index (χ3v) is 4.29. The number of nitrogens with zero attached hydrogens (tertiary/aromatic N) is 2. The number of benzene rings is 1. The lowest BCUT2D eigenvalue weighted by Gasteiger charge is -2.01. The van der Waals surface area contributed by atoms with Gasteiger partial charge in [0.15, 0.2) is 0 Å². The second-order valence-corrected chi connectivity index (χ2v) is 5.55. The summed E-state index contributed by atoms with van der Waals surface area (Å²) in [6, 6.07) is 4.67. The monoisotopic (exact) mass is 304 g/mol. The van der Waals surface area contributed by atoms with Crippen molar-refractivity contribution >= 4 is 38.7 Å². The van der Waals surface area contributed by atoms with Gasteiger partial charge in [0.2, 0.25) is 0 Å². The average Bonchev–Trinajstić information content (AvgIpc) is 3.04. The van der Waals surface area contributed by atoms with E-state index >= 15 is 0 Å². The summed E-state index contributed by atoms with van der Waals surface area (Å²) in [5.41, 5.74) is 6.67. The Kier molecular flexibility index (Phi) is 3.34. The van der Waals surface area contributed by atoms with Crippen LogP contribution in [-0.2, 0) is 6.54 Å². The number of amides is 1. The van der Waals surface area contributed by atoms with Crippen molar-refractivity contribution in [3.05, 3.63) is 41.3 Å². The Hall–Kier alpha value is -2.41. The van der Waals surface area contributed by atoms with E-state index in [1.165, 1.54) is 17.4 Å². The highest BCUT2D eigenvalue weighted by atomic mass is 32.1. The molecular weight excluding hydrogens is 291 g/mol. The highest BCUT2D eigenvalue weighted by Crippen LogP contribution is 2.35. The molecule has 0 saturated heterocycles. The van der Waals surface area contributed by atoms with E-state index in [0.717, 1.165) is 0 Å². The average molecular weight is 304 g/mol. The summed E-state index contributed by atoms with van der Waals surface area (Å²) < 4.78 is 16.1. The number of fused-ring (bicyclic) bond motifs is 1. The lowest BCUT2D eigenvalue weighted by molar-refractivity contribution is 0.103. The molecule has 0 aliphatic rings. The van der Waals surface area contributed by atoms with E-state index in [9.17, 15) is 9.18 Å². The van der Waals surface area contributed by atoms with Crippen LogP contribution in [0.15, 0.2) is 30.6 Å². The molecule has 2 aromatic heterocycles. The number of anilines is 2. The van der Waals surface area contributed by atoms with E-state index in [1.54, 1.807) is 29.2 Å². The Morgan fingerprint density at radius 1 is 1.52 bits per heavy atom. The maximum absolute atomic E-state index is 13.8. The summed E-state index contributed by atoms with van der Waals surface area (Å²) in [7, 11) is 0. The van der Waals surface area contributed by atoms with Crippen molar-refractivity contribution in [2.45, 2.75) is 13.5 Å². The molecule has 5 nitrogen and oxygen atoms in total. The molecule has 7 heteroatoms. The zero-order valence-corrected chi connectivity index (χ0v) is 12.1. The fourth-order valence-corrected chi connectivity index (χ4v) is 3.12. The standard InChI is InChI=1S/C14H13FN4OS/c1-2-19-7-8(6-17-19)18-14(20)13-12(16)11-9(15)4-3-5-10(11)21-13/h3-7H,2,16H2,1H3,(H,18,20). The molecule has 108 valence electrons. The van der Waals surface area contributed by atoms with Crippen LogP contribution in [0.2, 0.25) is 0 Å². The summed E-state index contributed by atoms with van der Waals surface area (Å²) >= 11 is 1.17. The van der Waals surface area contributed by atoms with E-state index in [0.29, 0.717) is 27.2 Å². The summed E-state index contributed by atoms with van der Waals surface area (Å²) in [6.07, 6.45) is 3.29. The highest BCUT2D eigenvalue weighted by molar-refractivity contribution is 7.21. The molecule has 0 aliphatic heterocycles. The number of thiophene rings is 1. The molecule has 0 unspecified atom stereocenters. The third kappa shape index (κ3) is 2.36. The molecule has 0 radical (unpaired) electrons. The summed E-state index contributed by atoms with van der Waals surface area (Å²) in [4.78, 5) is 12.6. The number of carbonyl (C=O) groups excluding carboxylic acids is 1. The van der Waals surface area contributed by atoms with E-state index in [2.05, 4.69) is 10.4 Å². The first-order valence-electron chi connectivity index (χ1n) is 6.40. The summed E-state index contributed by atoms with van der Waals surface area (Å²) in [6.45, 7) is 2.66. The molecule has 0 aliphatic carbocycles. The largest absolute Gasteiger partial charge is 0.397 e. The minimum Gasteiger partial charge on any atom is -0.397 e. The van der Waals surface area contributed by atoms with E-state index in [4.69, 9.17) is 5.73 Å². The Morgan fingerprint density at radius 3 is 3.00 bits per heavy atom. The van der Waals surface area contributed by atoms with E-state index < -0.39 is 5.82 Å². The zero-order valence-electron chi connectivity index (χ0n) is 11.3. The van der Waals surface area contributed by atoms with Crippen LogP contribution in [0, 0.1) is 5.82 Å². The smallest absolute Gasteiger partial charge is 0.267 e. The first-order valence-corrected chi connectivity index (χ1v) is 7.22. The van der Waals surface area contributed by atoms with Gasteiger partial charge in [-0.25, -0.2) is 4.39 Å². The van der Waals surface area contributed by atoms with Crippen molar-refractivity contribution in [1.82, 2.24) is 9.78 Å². The van der Waals surface area contributed by atoms with Gasteiger partial charge in [0, 0.05) is 17.4 Å². The van der Waals surface area contributed by atoms with Gasteiger partial charge in [-0.15, -0.1) is 11.3 Å². The van der Waals surface area contributed by atoms with Crippen LogP contribution >= 0.6 is 11.3 Å². The topological polar surface area (TPSA) is 72.9 Å². The predicted octanol–water partition coefficient (Wildman–Crippen LogP) is 3.09. The van der Waals surface area contributed by atoms with E-state index in [-0.39, 0.29) is 11.6 Å². The van der Waals surface area contributed by atoms with Crippen LogP contribution < -0.4 is 11.1 Å². The molecule has 1 aromatic carbocycles.